The summed E-state index contributed by atoms with van der Waals surface area (Å²) >= 11 is 0. The molecule has 2 aromatic rings. The van der Waals surface area contributed by atoms with Crippen LogP contribution in [-0.2, 0) is 9.59 Å². The minimum atomic E-state index is -0.333. The van der Waals surface area contributed by atoms with Gasteiger partial charge in [0, 0.05) is 18.7 Å². The van der Waals surface area contributed by atoms with Gasteiger partial charge in [-0.3, -0.25) is 9.59 Å². The number of carbonyl (C=O) groups excluding carboxylic acids is 2. The number of rotatable bonds is 5. The van der Waals surface area contributed by atoms with E-state index in [2.05, 4.69) is 5.32 Å². The molecule has 5 nitrogen and oxygen atoms in total. The molecule has 0 bridgehead atoms. The van der Waals surface area contributed by atoms with E-state index in [9.17, 15) is 9.59 Å². The number of amides is 2. The zero-order valence-corrected chi connectivity index (χ0v) is 14.4. The number of anilines is 1. The molecule has 1 aliphatic rings. The minimum Gasteiger partial charge on any atom is -0.497 e. The molecule has 1 saturated heterocycles. The molecule has 5 heteroatoms. The number of nitrogens with zero attached hydrogens (tertiary/aromatic N) is 1. The maximum atomic E-state index is 12.5. The Balaban J connectivity index is 1.64. The van der Waals surface area contributed by atoms with E-state index in [4.69, 9.17) is 4.74 Å². The number of carbonyl (C=O) groups is 2. The highest BCUT2D eigenvalue weighted by molar-refractivity contribution is 6.00. The van der Waals surface area contributed by atoms with Crippen molar-refractivity contribution in [2.75, 3.05) is 18.6 Å². The minimum absolute atomic E-state index is 0.0299. The van der Waals surface area contributed by atoms with Crippen LogP contribution >= 0.6 is 0 Å². The zero-order chi connectivity index (χ0) is 17.8. The van der Waals surface area contributed by atoms with Crippen molar-refractivity contribution >= 4 is 17.5 Å². The van der Waals surface area contributed by atoms with Gasteiger partial charge in [0.05, 0.1) is 19.1 Å². The summed E-state index contributed by atoms with van der Waals surface area (Å²) in [5.41, 5.74) is 1.84. The smallest absolute Gasteiger partial charge is 0.227 e. The van der Waals surface area contributed by atoms with Gasteiger partial charge in [0.25, 0.3) is 0 Å². The Morgan fingerprint density at radius 1 is 1.16 bits per heavy atom. The molecule has 3 rings (SSSR count). The van der Waals surface area contributed by atoms with Crippen molar-refractivity contribution in [3.05, 3.63) is 60.2 Å². The number of nitrogens with one attached hydrogen (secondary N) is 1. The van der Waals surface area contributed by atoms with E-state index in [-0.39, 0.29) is 30.2 Å². The molecule has 130 valence electrons. The Morgan fingerprint density at radius 3 is 2.48 bits per heavy atom. The maximum absolute atomic E-state index is 12.5. The number of ether oxygens (including phenoxy) is 1. The number of methoxy groups -OCH3 is 1. The predicted molar refractivity (Wildman–Crippen MR) is 96.5 cm³/mol. The monoisotopic (exact) mass is 338 g/mol. The van der Waals surface area contributed by atoms with Crippen LogP contribution in [0, 0.1) is 5.92 Å². The Labute approximate surface area is 147 Å². The second-order valence-electron chi connectivity index (χ2n) is 6.24. The normalized spacial score (nSPS) is 18.1. The standard InChI is InChI=1S/C20H22N2O3/c1-14(15-6-4-3-5-7-15)21-20(24)16-12-19(23)22(13-16)17-8-10-18(25-2)11-9-17/h3-11,14,16H,12-13H2,1-2H3,(H,21,24)/t14-,16-/m1/s1. The van der Waals surface area contributed by atoms with Crippen LogP contribution in [-0.4, -0.2) is 25.5 Å². The SMILES string of the molecule is COc1ccc(N2C[C@H](C(=O)N[C@H](C)c3ccccc3)CC2=O)cc1. The number of hydrogen-bond acceptors (Lipinski definition) is 3. The number of hydrogen-bond donors (Lipinski definition) is 1. The van der Waals surface area contributed by atoms with Gasteiger partial charge in [-0.1, -0.05) is 30.3 Å². The van der Waals surface area contributed by atoms with Crippen LogP contribution in [0.15, 0.2) is 54.6 Å². The van der Waals surface area contributed by atoms with E-state index in [1.165, 1.54) is 0 Å². The largest absolute Gasteiger partial charge is 0.497 e. The third-order valence-electron chi connectivity index (χ3n) is 4.54. The third-order valence-corrected chi connectivity index (χ3v) is 4.54. The van der Waals surface area contributed by atoms with Gasteiger partial charge in [-0.2, -0.15) is 0 Å². The van der Waals surface area contributed by atoms with E-state index < -0.39 is 0 Å². The molecular weight excluding hydrogens is 316 g/mol. The molecule has 2 atom stereocenters. The predicted octanol–water partition coefficient (Wildman–Crippen LogP) is 2.93. The molecule has 0 aromatic heterocycles. The van der Waals surface area contributed by atoms with Gasteiger partial charge in [-0.05, 0) is 36.8 Å². The van der Waals surface area contributed by atoms with Gasteiger partial charge in [0.2, 0.25) is 11.8 Å². The molecule has 1 aliphatic heterocycles. The highest BCUT2D eigenvalue weighted by atomic mass is 16.5. The summed E-state index contributed by atoms with van der Waals surface area (Å²) in [6, 6.07) is 17.0. The summed E-state index contributed by atoms with van der Waals surface area (Å²) in [5, 5.41) is 3.01. The van der Waals surface area contributed by atoms with E-state index in [0.717, 1.165) is 17.0 Å². The average Bonchev–Trinajstić information content (AvgIpc) is 3.04. The van der Waals surface area contributed by atoms with E-state index in [1.807, 2.05) is 61.5 Å². The highest BCUT2D eigenvalue weighted by Crippen LogP contribution is 2.27. The van der Waals surface area contributed by atoms with Crippen LogP contribution in [0.25, 0.3) is 0 Å². The van der Waals surface area contributed by atoms with Crippen molar-refractivity contribution in [1.29, 1.82) is 0 Å². The van der Waals surface area contributed by atoms with Crippen LogP contribution in [0.4, 0.5) is 5.69 Å². The molecule has 25 heavy (non-hydrogen) atoms. The lowest BCUT2D eigenvalue weighted by Gasteiger charge is -2.19. The van der Waals surface area contributed by atoms with Crippen molar-refractivity contribution in [2.45, 2.75) is 19.4 Å². The van der Waals surface area contributed by atoms with Crippen LogP contribution in [0.5, 0.6) is 5.75 Å². The highest BCUT2D eigenvalue weighted by Gasteiger charge is 2.35. The lowest BCUT2D eigenvalue weighted by molar-refractivity contribution is -0.126. The first-order valence-corrected chi connectivity index (χ1v) is 8.38. The molecule has 1 heterocycles. The molecule has 1 N–H and O–H groups in total. The van der Waals surface area contributed by atoms with Gasteiger partial charge in [-0.15, -0.1) is 0 Å². The number of benzene rings is 2. The third kappa shape index (κ3) is 3.82. The molecule has 1 fully saturated rings. The fourth-order valence-electron chi connectivity index (χ4n) is 3.05. The van der Waals surface area contributed by atoms with Crippen LogP contribution < -0.4 is 15.0 Å². The van der Waals surface area contributed by atoms with E-state index in [1.54, 1.807) is 12.0 Å². The van der Waals surface area contributed by atoms with E-state index in [0.29, 0.717) is 6.54 Å². The van der Waals surface area contributed by atoms with Gasteiger partial charge >= 0.3 is 0 Å². The molecule has 0 unspecified atom stereocenters. The summed E-state index contributed by atoms with van der Waals surface area (Å²) in [6.07, 6.45) is 0.235. The van der Waals surface area contributed by atoms with Crippen LogP contribution in [0.1, 0.15) is 24.9 Å². The first kappa shape index (κ1) is 17.0. The molecule has 0 spiro atoms. The molecular formula is C20H22N2O3. The van der Waals surface area contributed by atoms with Gasteiger partial charge in [0.1, 0.15) is 5.75 Å². The molecule has 0 radical (unpaired) electrons. The maximum Gasteiger partial charge on any atom is 0.227 e. The van der Waals surface area contributed by atoms with Crippen LogP contribution in [0.2, 0.25) is 0 Å². The fourth-order valence-corrected chi connectivity index (χ4v) is 3.05. The summed E-state index contributed by atoms with van der Waals surface area (Å²) in [4.78, 5) is 26.5. The van der Waals surface area contributed by atoms with Crippen molar-refractivity contribution in [1.82, 2.24) is 5.32 Å². The topological polar surface area (TPSA) is 58.6 Å². The van der Waals surface area contributed by atoms with Gasteiger partial charge < -0.3 is 15.0 Å². The van der Waals surface area contributed by atoms with Gasteiger partial charge in [0.15, 0.2) is 0 Å². The summed E-state index contributed by atoms with van der Waals surface area (Å²) in [5.74, 6) is 0.292. The Bertz CT molecular complexity index is 743. The second kappa shape index (κ2) is 7.38. The molecule has 2 amide bonds. The average molecular weight is 338 g/mol. The first-order valence-electron chi connectivity index (χ1n) is 8.38. The first-order chi connectivity index (χ1) is 12.1. The van der Waals surface area contributed by atoms with E-state index >= 15 is 0 Å². The van der Waals surface area contributed by atoms with Gasteiger partial charge in [-0.25, -0.2) is 0 Å². The lowest BCUT2D eigenvalue weighted by Crippen LogP contribution is -2.34. The van der Waals surface area contributed by atoms with Crippen molar-refractivity contribution in [3.63, 3.8) is 0 Å². The second-order valence-corrected chi connectivity index (χ2v) is 6.24. The quantitative estimate of drug-likeness (QED) is 0.912. The lowest BCUT2D eigenvalue weighted by atomic mass is 10.1. The molecule has 0 saturated carbocycles. The van der Waals surface area contributed by atoms with Crippen LogP contribution in [0.3, 0.4) is 0 Å². The summed E-state index contributed by atoms with van der Waals surface area (Å²) in [6.45, 7) is 2.35. The summed E-state index contributed by atoms with van der Waals surface area (Å²) < 4.78 is 5.14. The molecule has 2 aromatic carbocycles. The summed E-state index contributed by atoms with van der Waals surface area (Å²) in [7, 11) is 1.60. The Hall–Kier alpha value is -2.82. The van der Waals surface area contributed by atoms with Crippen molar-refractivity contribution < 1.29 is 14.3 Å². The Kier molecular flexibility index (Phi) is 5.03. The Morgan fingerprint density at radius 2 is 1.84 bits per heavy atom. The zero-order valence-electron chi connectivity index (χ0n) is 14.4. The van der Waals surface area contributed by atoms with Crippen molar-refractivity contribution in [3.8, 4) is 5.75 Å². The van der Waals surface area contributed by atoms with Crippen molar-refractivity contribution in [2.24, 2.45) is 5.92 Å². The molecule has 0 aliphatic carbocycles. The fraction of sp³-hybridized carbons (Fsp3) is 0.300.